The Hall–Kier alpha value is -1.54. The molecule has 5 nitrogen and oxygen atoms in total. The van der Waals surface area contributed by atoms with Crippen LogP contribution >= 0.6 is 0 Å². The van der Waals surface area contributed by atoms with Crippen molar-refractivity contribution >= 4 is 11.9 Å². The Morgan fingerprint density at radius 3 is 2.69 bits per heavy atom. The molecule has 0 bridgehead atoms. The summed E-state index contributed by atoms with van der Waals surface area (Å²) in [6, 6.07) is -0.775. The molecule has 0 saturated carbocycles. The molecule has 0 rings (SSSR count). The van der Waals surface area contributed by atoms with Crippen molar-refractivity contribution in [3.63, 3.8) is 0 Å². The Morgan fingerprint density at radius 2 is 2.19 bits per heavy atom. The Kier molecular flexibility index (Phi) is 6.97. The van der Waals surface area contributed by atoms with E-state index in [4.69, 9.17) is 17.3 Å². The lowest BCUT2D eigenvalue weighted by atomic mass is 10.1. The van der Waals surface area contributed by atoms with E-state index in [1.807, 2.05) is 6.92 Å². The van der Waals surface area contributed by atoms with Crippen LogP contribution in [-0.4, -0.2) is 29.1 Å². The van der Waals surface area contributed by atoms with Gasteiger partial charge in [-0.3, -0.25) is 9.59 Å². The lowest BCUT2D eigenvalue weighted by Gasteiger charge is -2.15. The standard InChI is InChI=1S/C11H18N2O3/c1-3-5-9(12)11(16)13-8(2)6-4-7-10(14)15/h1,8-9H,4-7,12H2,2H3,(H,13,16)(H,14,15). The van der Waals surface area contributed by atoms with Crippen LogP contribution in [0.2, 0.25) is 0 Å². The second-order valence-electron chi connectivity index (χ2n) is 3.71. The molecule has 0 aliphatic carbocycles. The second-order valence-corrected chi connectivity index (χ2v) is 3.71. The summed E-state index contributed by atoms with van der Waals surface area (Å²) in [5.74, 6) is 1.19. The summed E-state index contributed by atoms with van der Waals surface area (Å²) in [5, 5.41) is 11.1. The summed E-state index contributed by atoms with van der Waals surface area (Å²) >= 11 is 0. The highest BCUT2D eigenvalue weighted by Crippen LogP contribution is 2.01. The van der Waals surface area contributed by atoms with E-state index >= 15 is 0 Å². The third kappa shape index (κ3) is 6.85. The van der Waals surface area contributed by atoms with E-state index in [2.05, 4.69) is 11.2 Å². The number of nitrogens with two attached hydrogens (primary N) is 1. The molecular weight excluding hydrogens is 208 g/mol. The van der Waals surface area contributed by atoms with Gasteiger partial charge in [0.25, 0.3) is 0 Å². The minimum absolute atomic E-state index is 0.0873. The summed E-state index contributed by atoms with van der Waals surface area (Å²) in [4.78, 5) is 21.7. The van der Waals surface area contributed by atoms with Gasteiger partial charge in [0, 0.05) is 18.9 Å². The minimum Gasteiger partial charge on any atom is -0.481 e. The molecule has 5 heteroatoms. The van der Waals surface area contributed by atoms with Crippen molar-refractivity contribution in [1.29, 1.82) is 0 Å². The first-order valence-electron chi connectivity index (χ1n) is 5.18. The summed E-state index contributed by atoms with van der Waals surface area (Å²) in [5.41, 5.74) is 5.50. The van der Waals surface area contributed by atoms with Crippen LogP contribution in [0.1, 0.15) is 32.6 Å². The van der Waals surface area contributed by atoms with E-state index < -0.39 is 12.0 Å². The molecule has 0 spiro atoms. The van der Waals surface area contributed by atoms with Crippen molar-refractivity contribution in [1.82, 2.24) is 5.32 Å². The second kappa shape index (κ2) is 7.71. The molecule has 0 saturated heterocycles. The van der Waals surface area contributed by atoms with Crippen LogP contribution in [0, 0.1) is 12.3 Å². The van der Waals surface area contributed by atoms with Crippen LogP contribution in [0.25, 0.3) is 0 Å². The number of aliphatic carboxylic acids is 1. The monoisotopic (exact) mass is 226 g/mol. The van der Waals surface area contributed by atoms with Gasteiger partial charge in [0.2, 0.25) is 5.91 Å². The summed E-state index contributed by atoms with van der Waals surface area (Å²) in [6.07, 6.45) is 6.49. The van der Waals surface area contributed by atoms with Crippen LogP contribution in [0.15, 0.2) is 0 Å². The molecule has 2 atom stereocenters. The third-order valence-electron chi connectivity index (χ3n) is 2.09. The first-order chi connectivity index (χ1) is 7.47. The molecule has 16 heavy (non-hydrogen) atoms. The molecular formula is C11H18N2O3. The average molecular weight is 226 g/mol. The first-order valence-corrected chi connectivity index (χ1v) is 5.18. The van der Waals surface area contributed by atoms with Crippen LogP contribution in [0.4, 0.5) is 0 Å². The maximum atomic E-state index is 11.4. The fourth-order valence-electron chi connectivity index (χ4n) is 1.20. The van der Waals surface area contributed by atoms with Gasteiger partial charge in [-0.05, 0) is 19.8 Å². The van der Waals surface area contributed by atoms with Gasteiger partial charge in [0.15, 0.2) is 0 Å². The van der Waals surface area contributed by atoms with Crippen LogP contribution < -0.4 is 11.1 Å². The van der Waals surface area contributed by atoms with Crippen molar-refractivity contribution < 1.29 is 14.7 Å². The average Bonchev–Trinajstić information content (AvgIpc) is 2.17. The van der Waals surface area contributed by atoms with E-state index in [0.29, 0.717) is 12.8 Å². The van der Waals surface area contributed by atoms with Gasteiger partial charge in [-0.1, -0.05) is 0 Å². The number of carbonyl (C=O) groups is 2. The number of carboxylic acids is 1. The van der Waals surface area contributed by atoms with E-state index in [0.717, 1.165) is 0 Å². The lowest BCUT2D eigenvalue weighted by Crippen LogP contribution is -2.44. The van der Waals surface area contributed by atoms with Gasteiger partial charge in [0.05, 0.1) is 6.04 Å². The van der Waals surface area contributed by atoms with Gasteiger partial charge in [-0.2, -0.15) is 0 Å². The van der Waals surface area contributed by atoms with E-state index in [1.165, 1.54) is 0 Å². The topological polar surface area (TPSA) is 92.4 Å². The van der Waals surface area contributed by atoms with Crippen LogP contribution in [0.3, 0.4) is 0 Å². The molecule has 1 amide bonds. The fourth-order valence-corrected chi connectivity index (χ4v) is 1.20. The highest BCUT2D eigenvalue weighted by molar-refractivity contribution is 5.82. The number of rotatable bonds is 7. The quantitative estimate of drug-likeness (QED) is 0.537. The summed E-state index contributed by atoms with van der Waals surface area (Å²) in [7, 11) is 0. The van der Waals surface area contributed by atoms with Gasteiger partial charge in [-0.25, -0.2) is 0 Å². The fraction of sp³-hybridized carbons (Fsp3) is 0.636. The smallest absolute Gasteiger partial charge is 0.303 e. The predicted octanol–water partition coefficient (Wildman–Crippen LogP) is 0.0966. The SMILES string of the molecule is C#CCC(N)C(=O)NC(C)CCCC(=O)O. The predicted molar refractivity (Wildman–Crippen MR) is 60.5 cm³/mol. The molecule has 0 aliphatic heterocycles. The molecule has 0 fully saturated rings. The molecule has 2 unspecified atom stereocenters. The maximum absolute atomic E-state index is 11.4. The van der Waals surface area contributed by atoms with Crippen molar-refractivity contribution in [2.24, 2.45) is 5.73 Å². The van der Waals surface area contributed by atoms with E-state index in [-0.39, 0.29) is 24.8 Å². The third-order valence-corrected chi connectivity index (χ3v) is 2.09. The number of amides is 1. The Labute approximate surface area is 95.4 Å². The normalized spacial score (nSPS) is 13.6. The van der Waals surface area contributed by atoms with Crippen molar-refractivity contribution in [2.45, 2.75) is 44.7 Å². The summed E-state index contributed by atoms with van der Waals surface area (Å²) < 4.78 is 0. The zero-order valence-electron chi connectivity index (χ0n) is 9.40. The lowest BCUT2D eigenvalue weighted by molar-refractivity contribution is -0.137. The number of terminal acetylenes is 1. The molecule has 0 heterocycles. The number of hydrogen-bond acceptors (Lipinski definition) is 3. The number of nitrogens with one attached hydrogen (secondary N) is 1. The maximum Gasteiger partial charge on any atom is 0.303 e. The van der Waals surface area contributed by atoms with E-state index in [1.54, 1.807) is 0 Å². The molecule has 90 valence electrons. The number of carbonyl (C=O) groups excluding carboxylic acids is 1. The Morgan fingerprint density at radius 1 is 1.56 bits per heavy atom. The van der Waals surface area contributed by atoms with Crippen molar-refractivity contribution in [3.05, 3.63) is 0 Å². The Balaban J connectivity index is 3.78. The zero-order valence-corrected chi connectivity index (χ0v) is 9.40. The van der Waals surface area contributed by atoms with Gasteiger partial charge < -0.3 is 16.2 Å². The van der Waals surface area contributed by atoms with Gasteiger partial charge in [0.1, 0.15) is 0 Å². The molecule has 0 aromatic rings. The Bertz CT molecular complexity index is 283. The molecule has 4 N–H and O–H groups in total. The minimum atomic E-state index is -0.831. The molecule has 0 aromatic heterocycles. The molecule has 0 radical (unpaired) electrons. The van der Waals surface area contributed by atoms with Crippen LogP contribution in [-0.2, 0) is 9.59 Å². The zero-order chi connectivity index (χ0) is 12.6. The summed E-state index contributed by atoms with van der Waals surface area (Å²) in [6.45, 7) is 1.81. The number of hydrogen-bond donors (Lipinski definition) is 3. The highest BCUT2D eigenvalue weighted by atomic mass is 16.4. The van der Waals surface area contributed by atoms with E-state index in [9.17, 15) is 9.59 Å². The van der Waals surface area contributed by atoms with Gasteiger partial charge >= 0.3 is 5.97 Å². The largest absolute Gasteiger partial charge is 0.481 e. The molecule has 0 aromatic carbocycles. The van der Waals surface area contributed by atoms with Crippen molar-refractivity contribution in [2.75, 3.05) is 0 Å². The molecule has 0 aliphatic rings. The highest BCUT2D eigenvalue weighted by Gasteiger charge is 2.14. The van der Waals surface area contributed by atoms with Crippen LogP contribution in [0.5, 0.6) is 0 Å². The number of carboxylic acid groups (broad SMARTS) is 1. The first kappa shape index (κ1) is 14.5. The van der Waals surface area contributed by atoms with Gasteiger partial charge in [-0.15, -0.1) is 12.3 Å². The van der Waals surface area contributed by atoms with Crippen molar-refractivity contribution in [3.8, 4) is 12.3 Å².